The van der Waals surface area contributed by atoms with Crippen molar-refractivity contribution in [2.45, 2.75) is 26.8 Å². The van der Waals surface area contributed by atoms with E-state index in [1.165, 1.54) is 0 Å². The molecule has 2 N–H and O–H groups in total. The molecule has 1 atom stereocenters. The van der Waals surface area contributed by atoms with Gasteiger partial charge in [0.05, 0.1) is 6.04 Å². The Morgan fingerprint density at radius 2 is 2.00 bits per heavy atom. The van der Waals surface area contributed by atoms with E-state index in [4.69, 9.17) is 4.42 Å². The number of hydrogen-bond donors (Lipinski definition) is 2. The quantitative estimate of drug-likeness (QED) is 0.864. The van der Waals surface area contributed by atoms with Crippen LogP contribution >= 0.6 is 15.9 Å². The summed E-state index contributed by atoms with van der Waals surface area (Å²) in [5.74, 6) is 1.57. The second-order valence-corrected chi connectivity index (χ2v) is 5.64. The number of urea groups is 1. The molecule has 106 valence electrons. The van der Waals surface area contributed by atoms with Crippen molar-refractivity contribution >= 4 is 27.6 Å². The molecule has 1 aromatic carbocycles. The van der Waals surface area contributed by atoms with Gasteiger partial charge in [0.15, 0.2) is 0 Å². The lowest BCUT2D eigenvalue weighted by Crippen LogP contribution is -2.31. The van der Waals surface area contributed by atoms with Gasteiger partial charge in [-0.3, -0.25) is 0 Å². The summed E-state index contributed by atoms with van der Waals surface area (Å²) in [6.07, 6.45) is 0. The van der Waals surface area contributed by atoms with Gasteiger partial charge >= 0.3 is 6.03 Å². The Morgan fingerprint density at radius 3 is 2.65 bits per heavy atom. The number of hydrogen-bond acceptors (Lipinski definition) is 2. The van der Waals surface area contributed by atoms with Crippen molar-refractivity contribution in [3.8, 4) is 0 Å². The van der Waals surface area contributed by atoms with Crippen molar-refractivity contribution < 1.29 is 9.21 Å². The van der Waals surface area contributed by atoms with Gasteiger partial charge in [0.25, 0.3) is 0 Å². The summed E-state index contributed by atoms with van der Waals surface area (Å²) in [7, 11) is 0. The molecule has 0 aliphatic carbocycles. The van der Waals surface area contributed by atoms with Crippen LogP contribution in [0, 0.1) is 13.8 Å². The number of aryl methyl sites for hydroxylation is 2. The topological polar surface area (TPSA) is 54.3 Å². The molecule has 2 amide bonds. The van der Waals surface area contributed by atoms with Crippen molar-refractivity contribution in [1.82, 2.24) is 5.32 Å². The zero-order valence-electron chi connectivity index (χ0n) is 11.7. The highest BCUT2D eigenvalue weighted by molar-refractivity contribution is 9.10. The Morgan fingerprint density at radius 1 is 1.25 bits per heavy atom. The minimum atomic E-state index is -0.257. The first-order valence-corrected chi connectivity index (χ1v) is 7.15. The number of rotatable bonds is 3. The van der Waals surface area contributed by atoms with E-state index in [9.17, 15) is 4.79 Å². The molecule has 1 unspecified atom stereocenters. The molecular formula is C15H17BrN2O2. The average Bonchev–Trinajstić information content (AvgIpc) is 2.80. The number of anilines is 1. The predicted molar refractivity (Wildman–Crippen MR) is 82.9 cm³/mol. The molecule has 0 radical (unpaired) electrons. The maximum Gasteiger partial charge on any atom is 0.319 e. The Hall–Kier alpha value is -1.75. The fourth-order valence-electron chi connectivity index (χ4n) is 1.84. The van der Waals surface area contributed by atoms with Crippen LogP contribution in [0.1, 0.15) is 30.0 Å². The Kier molecular flexibility index (Phi) is 4.49. The van der Waals surface area contributed by atoms with E-state index >= 15 is 0 Å². The summed E-state index contributed by atoms with van der Waals surface area (Å²) in [6.45, 7) is 5.70. The van der Waals surface area contributed by atoms with Gasteiger partial charge in [-0.05, 0) is 50.6 Å². The highest BCUT2D eigenvalue weighted by atomic mass is 79.9. The van der Waals surface area contributed by atoms with Crippen LogP contribution in [0.25, 0.3) is 0 Å². The van der Waals surface area contributed by atoms with E-state index in [0.717, 1.165) is 27.2 Å². The molecule has 0 fully saturated rings. The van der Waals surface area contributed by atoms with Crippen molar-refractivity contribution in [2.24, 2.45) is 0 Å². The third kappa shape index (κ3) is 3.63. The molecular weight excluding hydrogens is 320 g/mol. The van der Waals surface area contributed by atoms with E-state index < -0.39 is 0 Å². The number of carbonyl (C=O) groups is 1. The molecule has 2 aromatic rings. The highest BCUT2D eigenvalue weighted by Gasteiger charge is 2.13. The maximum absolute atomic E-state index is 12.0. The van der Waals surface area contributed by atoms with Crippen LogP contribution in [-0.4, -0.2) is 6.03 Å². The monoisotopic (exact) mass is 336 g/mol. The van der Waals surface area contributed by atoms with E-state index in [0.29, 0.717) is 0 Å². The molecule has 0 bridgehead atoms. The zero-order valence-corrected chi connectivity index (χ0v) is 13.2. The molecule has 4 nitrogen and oxygen atoms in total. The third-order valence-corrected chi connectivity index (χ3v) is 3.48. The van der Waals surface area contributed by atoms with Crippen molar-refractivity contribution in [1.29, 1.82) is 0 Å². The summed E-state index contributed by atoms with van der Waals surface area (Å²) in [5, 5.41) is 5.68. The van der Waals surface area contributed by atoms with Crippen LogP contribution < -0.4 is 10.6 Å². The molecule has 1 heterocycles. The van der Waals surface area contributed by atoms with Crippen LogP contribution in [0.5, 0.6) is 0 Å². The van der Waals surface area contributed by atoms with Gasteiger partial charge in [-0.1, -0.05) is 22.0 Å². The molecule has 2 rings (SSSR count). The van der Waals surface area contributed by atoms with Gasteiger partial charge in [-0.15, -0.1) is 0 Å². The first kappa shape index (κ1) is 14.7. The largest absolute Gasteiger partial charge is 0.464 e. The summed E-state index contributed by atoms with van der Waals surface area (Å²) >= 11 is 3.39. The maximum atomic E-state index is 12.0. The van der Waals surface area contributed by atoms with Gasteiger partial charge in [0.1, 0.15) is 11.5 Å². The highest BCUT2D eigenvalue weighted by Crippen LogP contribution is 2.21. The van der Waals surface area contributed by atoms with Gasteiger partial charge < -0.3 is 15.1 Å². The zero-order chi connectivity index (χ0) is 14.7. The van der Waals surface area contributed by atoms with E-state index in [1.807, 2.05) is 51.1 Å². The molecule has 0 spiro atoms. The van der Waals surface area contributed by atoms with Crippen molar-refractivity contribution in [3.63, 3.8) is 0 Å². The van der Waals surface area contributed by atoms with Crippen molar-refractivity contribution in [3.05, 3.63) is 51.9 Å². The minimum absolute atomic E-state index is 0.184. The van der Waals surface area contributed by atoms with Gasteiger partial charge in [0.2, 0.25) is 0 Å². The molecule has 20 heavy (non-hydrogen) atoms. The second kappa shape index (κ2) is 6.13. The van der Waals surface area contributed by atoms with Crippen LogP contribution in [0.3, 0.4) is 0 Å². The normalized spacial score (nSPS) is 12.0. The first-order chi connectivity index (χ1) is 9.45. The Balaban J connectivity index is 2.00. The fourth-order valence-corrected chi connectivity index (χ4v) is 2.20. The SMILES string of the molecule is Cc1ccc(C(C)NC(=O)Nc2cc(Br)ccc2C)o1. The number of furan rings is 1. The number of carbonyl (C=O) groups excluding carboxylic acids is 1. The molecule has 0 aliphatic rings. The van der Waals surface area contributed by atoms with E-state index in [2.05, 4.69) is 26.6 Å². The lowest BCUT2D eigenvalue weighted by Gasteiger charge is -2.14. The Labute approximate surface area is 126 Å². The summed E-state index contributed by atoms with van der Waals surface area (Å²) < 4.78 is 6.41. The number of benzene rings is 1. The smallest absolute Gasteiger partial charge is 0.319 e. The second-order valence-electron chi connectivity index (χ2n) is 4.73. The summed E-state index contributed by atoms with van der Waals surface area (Å²) in [6, 6.07) is 9.06. The van der Waals surface area contributed by atoms with Crippen LogP contribution in [0.15, 0.2) is 39.2 Å². The van der Waals surface area contributed by atoms with Crippen LogP contribution in [0.2, 0.25) is 0 Å². The fraction of sp³-hybridized carbons (Fsp3) is 0.267. The molecule has 5 heteroatoms. The molecule has 1 aromatic heterocycles. The van der Waals surface area contributed by atoms with E-state index in [1.54, 1.807) is 0 Å². The molecule has 0 aliphatic heterocycles. The first-order valence-electron chi connectivity index (χ1n) is 6.35. The Bertz CT molecular complexity index is 622. The van der Waals surface area contributed by atoms with Crippen LogP contribution in [-0.2, 0) is 0 Å². The number of halogens is 1. The predicted octanol–water partition coefficient (Wildman–Crippen LogP) is 4.54. The van der Waals surface area contributed by atoms with E-state index in [-0.39, 0.29) is 12.1 Å². The summed E-state index contributed by atoms with van der Waals surface area (Å²) in [4.78, 5) is 12.0. The molecule has 0 saturated heterocycles. The average molecular weight is 337 g/mol. The third-order valence-electron chi connectivity index (χ3n) is 2.98. The minimum Gasteiger partial charge on any atom is -0.464 e. The van der Waals surface area contributed by atoms with Gasteiger partial charge in [-0.25, -0.2) is 4.79 Å². The van der Waals surface area contributed by atoms with Crippen LogP contribution in [0.4, 0.5) is 10.5 Å². The number of nitrogens with one attached hydrogen (secondary N) is 2. The standard InChI is InChI=1S/C15H17BrN2O2/c1-9-4-6-12(16)8-13(9)18-15(19)17-11(3)14-7-5-10(2)20-14/h4-8,11H,1-3H3,(H2,17,18,19). The lowest BCUT2D eigenvalue weighted by molar-refractivity contribution is 0.247. The summed E-state index contributed by atoms with van der Waals surface area (Å²) in [5.41, 5.74) is 1.78. The van der Waals surface area contributed by atoms with Gasteiger partial charge in [-0.2, -0.15) is 0 Å². The lowest BCUT2D eigenvalue weighted by atomic mass is 10.2. The molecule has 0 saturated carbocycles. The number of amides is 2. The van der Waals surface area contributed by atoms with Crippen molar-refractivity contribution in [2.75, 3.05) is 5.32 Å². The van der Waals surface area contributed by atoms with Gasteiger partial charge in [0, 0.05) is 10.2 Å².